The van der Waals surface area contributed by atoms with Gasteiger partial charge in [0.25, 0.3) is 0 Å². The van der Waals surface area contributed by atoms with E-state index >= 15 is 0 Å². The van der Waals surface area contributed by atoms with Crippen molar-refractivity contribution in [3.63, 3.8) is 0 Å². The molecule has 17 heavy (non-hydrogen) atoms. The second kappa shape index (κ2) is 8.35. The summed E-state index contributed by atoms with van der Waals surface area (Å²) in [6, 6.07) is 0. The van der Waals surface area contributed by atoms with Crippen LogP contribution < -0.4 is 0 Å². The van der Waals surface area contributed by atoms with Crippen LogP contribution in [0.3, 0.4) is 0 Å². The lowest BCUT2D eigenvalue weighted by molar-refractivity contribution is 0.00427. The molecule has 2 N–H and O–H groups in total. The molecular weight excluding hydrogens is 236 g/mol. The zero-order chi connectivity index (χ0) is 12.7. The van der Waals surface area contributed by atoms with Gasteiger partial charge in [-0.1, -0.05) is 33.1 Å². The third kappa shape index (κ3) is 4.78. The number of thioether (sulfide) groups is 1. The fourth-order valence-corrected chi connectivity index (χ4v) is 3.59. The van der Waals surface area contributed by atoms with Crippen molar-refractivity contribution >= 4 is 11.8 Å². The Bertz CT molecular complexity index is 201. The molecule has 1 aliphatic heterocycles. The molecule has 1 saturated heterocycles. The number of hydrogen-bond acceptors (Lipinski definition) is 4. The summed E-state index contributed by atoms with van der Waals surface area (Å²) in [4.78, 5) is 0. The van der Waals surface area contributed by atoms with Crippen LogP contribution in [0.1, 0.15) is 39.5 Å². The largest absolute Gasteiger partial charge is 0.394 e. The molecule has 102 valence electrons. The molecule has 3 nitrogen and oxygen atoms in total. The van der Waals surface area contributed by atoms with Crippen molar-refractivity contribution in [3.8, 4) is 0 Å². The molecule has 0 amide bonds. The Labute approximate surface area is 109 Å². The van der Waals surface area contributed by atoms with Gasteiger partial charge in [0.05, 0.1) is 24.6 Å². The molecule has 1 fully saturated rings. The normalized spacial score (nSPS) is 30.7. The highest BCUT2D eigenvalue weighted by Gasteiger charge is 2.35. The van der Waals surface area contributed by atoms with Crippen molar-refractivity contribution < 1.29 is 14.9 Å². The summed E-state index contributed by atoms with van der Waals surface area (Å²) in [5.41, 5.74) is 0. The Morgan fingerprint density at radius 2 is 2.18 bits per heavy atom. The minimum absolute atomic E-state index is 0.0781. The Balaban J connectivity index is 2.25. The van der Waals surface area contributed by atoms with E-state index in [1.165, 1.54) is 25.7 Å². The van der Waals surface area contributed by atoms with Gasteiger partial charge in [-0.05, 0) is 18.1 Å². The molecule has 1 heterocycles. The molecule has 0 spiro atoms. The quantitative estimate of drug-likeness (QED) is 0.703. The predicted octanol–water partition coefficient (Wildman–Crippen LogP) is 2.06. The first-order chi connectivity index (χ1) is 8.22. The molecule has 0 radical (unpaired) electrons. The second-order valence-corrected chi connectivity index (χ2v) is 6.11. The number of unbranched alkanes of at least 4 members (excludes halogenated alkanes) is 1. The summed E-state index contributed by atoms with van der Waals surface area (Å²) in [5.74, 6) is 1.85. The van der Waals surface area contributed by atoms with E-state index < -0.39 is 6.10 Å². The van der Waals surface area contributed by atoms with Crippen LogP contribution in [-0.4, -0.2) is 46.6 Å². The first-order valence-electron chi connectivity index (χ1n) is 6.75. The molecule has 0 aliphatic carbocycles. The number of aliphatic hydroxyl groups excluding tert-OH is 2. The zero-order valence-electron chi connectivity index (χ0n) is 11.0. The van der Waals surface area contributed by atoms with E-state index in [1.54, 1.807) is 0 Å². The van der Waals surface area contributed by atoms with Crippen molar-refractivity contribution in [3.05, 3.63) is 0 Å². The number of aliphatic hydroxyl groups is 2. The van der Waals surface area contributed by atoms with Gasteiger partial charge in [0.2, 0.25) is 0 Å². The lowest BCUT2D eigenvalue weighted by atomic mass is 10.0. The molecule has 0 bridgehead atoms. The average molecular weight is 262 g/mol. The van der Waals surface area contributed by atoms with Crippen LogP contribution in [0.4, 0.5) is 0 Å². The number of ether oxygens (including phenoxy) is 1. The molecule has 1 aliphatic rings. The van der Waals surface area contributed by atoms with Crippen molar-refractivity contribution in [2.24, 2.45) is 5.92 Å². The first-order valence-corrected chi connectivity index (χ1v) is 7.79. The highest BCUT2D eigenvalue weighted by Crippen LogP contribution is 2.29. The number of hydrogen-bond donors (Lipinski definition) is 2. The van der Waals surface area contributed by atoms with Crippen molar-refractivity contribution in [2.45, 2.75) is 57.0 Å². The maximum absolute atomic E-state index is 9.90. The highest BCUT2D eigenvalue weighted by molar-refractivity contribution is 8.00. The fourth-order valence-electron chi connectivity index (χ4n) is 2.12. The Kier molecular flexibility index (Phi) is 7.51. The SMILES string of the molecule is CCCCC(CC)CSC1CO[C@H](CO)[C@@H]1O. The number of rotatable bonds is 8. The Morgan fingerprint density at radius 1 is 1.41 bits per heavy atom. The van der Waals surface area contributed by atoms with Gasteiger partial charge in [-0.2, -0.15) is 11.8 Å². The predicted molar refractivity (Wildman–Crippen MR) is 72.4 cm³/mol. The minimum atomic E-state index is -0.506. The lowest BCUT2D eigenvalue weighted by Crippen LogP contribution is -2.31. The third-order valence-corrected chi connectivity index (χ3v) is 5.01. The van der Waals surface area contributed by atoms with Crippen LogP contribution in [-0.2, 0) is 4.74 Å². The minimum Gasteiger partial charge on any atom is -0.394 e. The monoisotopic (exact) mass is 262 g/mol. The summed E-state index contributed by atoms with van der Waals surface area (Å²) in [7, 11) is 0. The third-order valence-electron chi connectivity index (χ3n) is 3.51. The van der Waals surface area contributed by atoms with E-state index in [1.807, 2.05) is 11.8 Å². The van der Waals surface area contributed by atoms with Gasteiger partial charge in [-0.15, -0.1) is 0 Å². The van der Waals surface area contributed by atoms with Crippen LogP contribution in [0.15, 0.2) is 0 Å². The van der Waals surface area contributed by atoms with E-state index in [0.717, 1.165) is 11.7 Å². The van der Waals surface area contributed by atoms with Gasteiger partial charge in [-0.25, -0.2) is 0 Å². The van der Waals surface area contributed by atoms with E-state index in [2.05, 4.69) is 13.8 Å². The maximum atomic E-state index is 9.90. The van der Waals surface area contributed by atoms with Gasteiger partial charge in [0, 0.05) is 0 Å². The van der Waals surface area contributed by atoms with Crippen LogP contribution >= 0.6 is 11.8 Å². The summed E-state index contributed by atoms with van der Waals surface area (Å²) in [6.07, 6.45) is 4.16. The van der Waals surface area contributed by atoms with E-state index in [0.29, 0.717) is 6.61 Å². The summed E-state index contributed by atoms with van der Waals surface area (Å²) >= 11 is 1.81. The highest BCUT2D eigenvalue weighted by atomic mass is 32.2. The summed E-state index contributed by atoms with van der Waals surface area (Å²) < 4.78 is 5.35. The molecule has 0 aromatic heterocycles. The van der Waals surface area contributed by atoms with Crippen molar-refractivity contribution in [1.29, 1.82) is 0 Å². The van der Waals surface area contributed by atoms with E-state index in [4.69, 9.17) is 9.84 Å². The van der Waals surface area contributed by atoms with Crippen LogP contribution in [0, 0.1) is 5.92 Å². The molecule has 4 atom stereocenters. The smallest absolute Gasteiger partial charge is 0.108 e. The molecule has 1 rings (SSSR count). The molecular formula is C13H26O3S. The second-order valence-electron chi connectivity index (χ2n) is 4.83. The van der Waals surface area contributed by atoms with Crippen molar-refractivity contribution in [2.75, 3.05) is 19.0 Å². The Morgan fingerprint density at radius 3 is 2.71 bits per heavy atom. The lowest BCUT2D eigenvalue weighted by Gasteiger charge is -2.19. The zero-order valence-corrected chi connectivity index (χ0v) is 11.8. The van der Waals surface area contributed by atoms with E-state index in [9.17, 15) is 5.11 Å². The standard InChI is InChI=1S/C13H26O3S/c1-3-5-6-10(4-2)9-17-12-8-16-11(7-14)13(12)15/h10-15H,3-9H2,1-2H3/t10?,11-,12?,13+/m1/s1. The molecule has 0 aromatic carbocycles. The van der Waals surface area contributed by atoms with E-state index in [-0.39, 0.29) is 18.0 Å². The van der Waals surface area contributed by atoms with Crippen LogP contribution in [0.25, 0.3) is 0 Å². The molecule has 0 saturated carbocycles. The topological polar surface area (TPSA) is 49.7 Å². The maximum Gasteiger partial charge on any atom is 0.108 e. The fraction of sp³-hybridized carbons (Fsp3) is 1.00. The molecule has 2 unspecified atom stereocenters. The van der Waals surface area contributed by atoms with Crippen molar-refractivity contribution in [1.82, 2.24) is 0 Å². The van der Waals surface area contributed by atoms with Gasteiger partial charge in [-0.3, -0.25) is 0 Å². The van der Waals surface area contributed by atoms with Gasteiger partial charge in [0.1, 0.15) is 6.10 Å². The van der Waals surface area contributed by atoms with Gasteiger partial charge < -0.3 is 14.9 Å². The molecule has 0 aromatic rings. The van der Waals surface area contributed by atoms with Gasteiger partial charge >= 0.3 is 0 Å². The summed E-state index contributed by atoms with van der Waals surface area (Å²) in [6.45, 7) is 4.95. The molecule has 4 heteroatoms. The van der Waals surface area contributed by atoms with Gasteiger partial charge in [0.15, 0.2) is 0 Å². The first kappa shape index (κ1) is 15.3. The summed E-state index contributed by atoms with van der Waals surface area (Å²) in [5, 5.41) is 19.0. The Hall–Kier alpha value is 0.230. The van der Waals surface area contributed by atoms with Crippen LogP contribution in [0.5, 0.6) is 0 Å². The average Bonchev–Trinajstić information content (AvgIpc) is 2.70. The van der Waals surface area contributed by atoms with Crippen LogP contribution in [0.2, 0.25) is 0 Å².